The van der Waals surface area contributed by atoms with E-state index in [2.05, 4.69) is 103 Å². The van der Waals surface area contributed by atoms with Gasteiger partial charge in [-0.05, 0) is 78.6 Å². The Hall–Kier alpha value is 0.715. The summed E-state index contributed by atoms with van der Waals surface area (Å²) in [5.74, 6) is 0. The van der Waals surface area contributed by atoms with Gasteiger partial charge in [-0.15, -0.1) is 0 Å². The van der Waals surface area contributed by atoms with E-state index < -0.39 is 71.9 Å². The summed E-state index contributed by atoms with van der Waals surface area (Å²) in [5.41, 5.74) is 0. The van der Waals surface area contributed by atoms with Crippen molar-refractivity contribution in [1.82, 2.24) is 0 Å². The molecule has 0 aromatic heterocycles. The Morgan fingerprint density at radius 2 is 0.531 bits per heavy atom. The Kier molecular flexibility index (Phi) is 13.2. The van der Waals surface area contributed by atoms with Crippen LogP contribution in [0.15, 0.2) is 24.3 Å². The van der Waals surface area contributed by atoms with E-state index in [1.807, 2.05) is 0 Å². The van der Waals surface area contributed by atoms with Crippen LogP contribution in [0, 0.1) is 0 Å². The van der Waals surface area contributed by atoms with Gasteiger partial charge in [-0.25, -0.2) is 0 Å². The van der Waals surface area contributed by atoms with Crippen LogP contribution in [0.1, 0.15) is 0 Å². The quantitative estimate of drug-likeness (QED) is 0.313. The summed E-state index contributed by atoms with van der Waals surface area (Å²) in [6, 6.07) is 8.54. The predicted molar refractivity (Wildman–Crippen MR) is 157 cm³/mol. The van der Waals surface area contributed by atoms with Gasteiger partial charge in [0.2, 0.25) is 0 Å². The highest BCUT2D eigenvalue weighted by Gasteiger charge is 2.48. The highest BCUT2D eigenvalue weighted by molar-refractivity contribution is 6.90. The standard InChI is InChI=1S/C18H46O6Si8/c1-25(2)19-31(20-26(3)4,21-27(5)6)17-13-15-18(16-14-17)32(22-28(7)8,23-29(9)10)24-30(11)12/h13-16,25-30H,1-12H3. The lowest BCUT2D eigenvalue weighted by Crippen LogP contribution is -2.64. The third-order valence-electron chi connectivity index (χ3n) is 3.94. The molecule has 6 nitrogen and oxygen atoms in total. The lowest BCUT2D eigenvalue weighted by Gasteiger charge is -2.37. The molecule has 1 rings (SSSR count). The predicted octanol–water partition coefficient (Wildman–Crippen LogP) is 1.98. The molecule has 0 bridgehead atoms. The molecule has 0 unspecified atom stereocenters. The molecular weight excluding hydrogens is 537 g/mol. The van der Waals surface area contributed by atoms with Gasteiger partial charge in [0.25, 0.3) is 0 Å². The maximum absolute atomic E-state index is 6.61. The SMILES string of the molecule is C[SiH](C)O[Si](O[SiH](C)C)(O[SiH](C)C)c1ccc([Si](O[SiH](C)C)(O[SiH](C)C)O[SiH](C)C)cc1. The van der Waals surface area contributed by atoms with Gasteiger partial charge in [0, 0.05) is 10.4 Å². The van der Waals surface area contributed by atoms with Crippen LogP contribution in [0.25, 0.3) is 0 Å². The van der Waals surface area contributed by atoms with Crippen molar-refractivity contribution in [2.75, 3.05) is 0 Å². The molecular formula is C18H46O6Si8. The van der Waals surface area contributed by atoms with Crippen LogP contribution in [0.4, 0.5) is 0 Å². The first-order valence-corrected chi connectivity index (χ1v) is 32.0. The highest BCUT2D eigenvalue weighted by atomic mass is 28.5. The minimum Gasteiger partial charge on any atom is -0.416 e. The summed E-state index contributed by atoms with van der Waals surface area (Å²) in [6.07, 6.45) is 0. The van der Waals surface area contributed by atoms with E-state index in [-0.39, 0.29) is 0 Å². The molecule has 0 aliphatic carbocycles. The largest absolute Gasteiger partial charge is 0.505 e. The molecule has 0 amide bonds. The van der Waals surface area contributed by atoms with Crippen molar-refractivity contribution in [3.63, 3.8) is 0 Å². The summed E-state index contributed by atoms with van der Waals surface area (Å²) in [5, 5.41) is 2.11. The van der Waals surface area contributed by atoms with Crippen molar-refractivity contribution in [2.45, 2.75) is 78.6 Å². The van der Waals surface area contributed by atoms with E-state index in [1.165, 1.54) is 0 Å². The van der Waals surface area contributed by atoms with Gasteiger partial charge in [-0.1, -0.05) is 24.3 Å². The molecule has 1 aromatic carbocycles. The summed E-state index contributed by atoms with van der Waals surface area (Å²) < 4.78 is 39.6. The Labute approximate surface area is 209 Å². The van der Waals surface area contributed by atoms with Crippen molar-refractivity contribution in [3.8, 4) is 0 Å². The molecule has 0 aliphatic heterocycles. The fraction of sp³-hybridized carbons (Fsp3) is 0.667. The van der Waals surface area contributed by atoms with Gasteiger partial charge in [-0.2, -0.15) is 0 Å². The third-order valence-corrected chi connectivity index (χ3v) is 24.8. The topological polar surface area (TPSA) is 55.4 Å². The van der Waals surface area contributed by atoms with Crippen molar-refractivity contribution in [1.29, 1.82) is 0 Å². The molecule has 0 saturated heterocycles. The minimum absolute atomic E-state index is 1.05. The summed E-state index contributed by atoms with van der Waals surface area (Å²) in [7, 11) is -14.2. The van der Waals surface area contributed by atoms with Crippen LogP contribution in [0.5, 0.6) is 0 Å². The molecule has 0 spiro atoms. The number of rotatable bonds is 14. The highest BCUT2D eigenvalue weighted by Crippen LogP contribution is 2.18. The second-order valence-corrected chi connectivity index (χ2v) is 31.3. The van der Waals surface area contributed by atoms with Gasteiger partial charge in [0.1, 0.15) is 0 Å². The molecule has 0 aliphatic rings. The van der Waals surface area contributed by atoms with Crippen molar-refractivity contribution in [3.05, 3.63) is 24.3 Å². The van der Waals surface area contributed by atoms with E-state index in [0.717, 1.165) is 10.4 Å². The minimum atomic E-state index is -2.93. The Bertz CT molecular complexity index is 562. The number of hydrogen-bond donors (Lipinski definition) is 0. The molecule has 14 heteroatoms. The summed E-state index contributed by atoms with van der Waals surface area (Å²) >= 11 is 0. The molecule has 0 heterocycles. The van der Waals surface area contributed by atoms with E-state index in [1.54, 1.807) is 0 Å². The zero-order valence-electron chi connectivity index (χ0n) is 22.2. The first-order valence-electron chi connectivity index (χ1n) is 11.9. The van der Waals surface area contributed by atoms with Gasteiger partial charge < -0.3 is 24.7 Å². The second kappa shape index (κ2) is 13.7. The molecule has 0 saturated carbocycles. The molecule has 0 fully saturated rings. The molecule has 0 N–H and O–H groups in total. The Morgan fingerprint density at radius 1 is 0.375 bits per heavy atom. The zero-order valence-corrected chi connectivity index (χ0v) is 31.2. The van der Waals surface area contributed by atoms with E-state index in [9.17, 15) is 0 Å². The van der Waals surface area contributed by atoms with Gasteiger partial charge in [-0.3, -0.25) is 0 Å². The van der Waals surface area contributed by atoms with E-state index in [0.29, 0.717) is 0 Å². The second-order valence-electron chi connectivity index (χ2n) is 9.69. The van der Waals surface area contributed by atoms with Crippen LogP contribution in [0.3, 0.4) is 0 Å². The summed E-state index contributed by atoms with van der Waals surface area (Å²) in [6.45, 7) is 26.3. The maximum Gasteiger partial charge on any atom is 0.505 e. The van der Waals surface area contributed by atoms with Crippen LogP contribution in [-0.4, -0.2) is 71.9 Å². The maximum atomic E-state index is 6.61. The molecule has 186 valence electrons. The Morgan fingerprint density at radius 3 is 0.656 bits per heavy atom. The lowest BCUT2D eigenvalue weighted by molar-refractivity contribution is 0.287. The average Bonchev–Trinajstić information content (AvgIpc) is 2.58. The van der Waals surface area contributed by atoms with Gasteiger partial charge >= 0.3 is 17.6 Å². The average molecular weight is 583 g/mol. The van der Waals surface area contributed by atoms with Crippen LogP contribution in [0.2, 0.25) is 78.6 Å². The molecule has 0 radical (unpaired) electrons. The number of benzene rings is 1. The molecule has 0 atom stereocenters. The van der Waals surface area contributed by atoms with Crippen molar-refractivity contribution in [2.24, 2.45) is 0 Å². The van der Waals surface area contributed by atoms with Gasteiger partial charge in [0.05, 0.1) is 0 Å². The first-order chi connectivity index (χ1) is 14.7. The van der Waals surface area contributed by atoms with Crippen LogP contribution in [-0.2, 0) is 24.7 Å². The Balaban J connectivity index is 3.55. The molecule has 32 heavy (non-hydrogen) atoms. The lowest BCUT2D eigenvalue weighted by atomic mass is 10.4. The first kappa shape index (κ1) is 30.7. The third kappa shape index (κ3) is 9.76. The van der Waals surface area contributed by atoms with Crippen molar-refractivity contribution < 1.29 is 24.7 Å². The van der Waals surface area contributed by atoms with Crippen LogP contribution >= 0.6 is 0 Å². The molecule has 1 aromatic rings. The smallest absolute Gasteiger partial charge is 0.416 e. The van der Waals surface area contributed by atoms with E-state index in [4.69, 9.17) is 24.7 Å². The van der Waals surface area contributed by atoms with Gasteiger partial charge in [0.15, 0.2) is 54.2 Å². The monoisotopic (exact) mass is 582 g/mol. The zero-order chi connectivity index (χ0) is 24.7. The fourth-order valence-corrected chi connectivity index (χ4v) is 27.0. The van der Waals surface area contributed by atoms with Crippen molar-refractivity contribution >= 4 is 82.2 Å². The van der Waals surface area contributed by atoms with E-state index >= 15 is 0 Å². The fourth-order valence-electron chi connectivity index (χ4n) is 3.32. The summed E-state index contributed by atoms with van der Waals surface area (Å²) in [4.78, 5) is 0. The normalized spacial score (nSPS) is 13.6. The number of hydrogen-bond acceptors (Lipinski definition) is 6. The van der Waals surface area contributed by atoms with Crippen LogP contribution < -0.4 is 10.4 Å².